The van der Waals surface area contributed by atoms with Crippen molar-refractivity contribution in [3.05, 3.63) is 63.4 Å². The molecule has 0 unspecified atom stereocenters. The summed E-state index contributed by atoms with van der Waals surface area (Å²) in [6, 6.07) is 9.31. The fraction of sp³-hybridized carbons (Fsp3) is 0.300. The van der Waals surface area contributed by atoms with E-state index in [9.17, 15) is 14.0 Å². The maximum Gasteiger partial charge on any atom is 0.243 e. The monoisotopic (exact) mass is 425 g/mol. The van der Waals surface area contributed by atoms with Crippen LogP contribution in [0.4, 0.5) is 10.1 Å². The second-order valence-electron chi connectivity index (χ2n) is 6.84. The number of rotatable bonds is 7. The van der Waals surface area contributed by atoms with Crippen LogP contribution < -0.4 is 16.0 Å². The minimum atomic E-state index is -0.664. The molecule has 0 aromatic heterocycles. The summed E-state index contributed by atoms with van der Waals surface area (Å²) < 4.78 is 13.2. The fourth-order valence-electron chi connectivity index (χ4n) is 2.57. The lowest BCUT2D eigenvalue weighted by Crippen LogP contribution is -2.45. The Hall–Kier alpha value is -2.15. The zero-order chi connectivity index (χ0) is 20.9. The first-order chi connectivity index (χ1) is 13.1. The summed E-state index contributed by atoms with van der Waals surface area (Å²) in [5.41, 5.74) is 1.35. The molecule has 2 amide bonds. The Bertz CT molecular complexity index is 888. The minimum absolute atomic E-state index is 0.0375. The number of anilines is 1. The molecule has 5 nitrogen and oxygen atoms in total. The van der Waals surface area contributed by atoms with E-state index in [-0.39, 0.29) is 29.9 Å². The van der Waals surface area contributed by atoms with Crippen molar-refractivity contribution in [3.63, 3.8) is 0 Å². The highest BCUT2D eigenvalue weighted by molar-refractivity contribution is 6.32. The topological polar surface area (TPSA) is 70.2 Å². The van der Waals surface area contributed by atoms with Crippen LogP contribution in [0.15, 0.2) is 36.4 Å². The van der Waals surface area contributed by atoms with Gasteiger partial charge in [-0.05, 0) is 56.2 Å². The Morgan fingerprint density at radius 3 is 2.43 bits per heavy atom. The number of carbonyl (C=O) groups is 2. The molecule has 2 rings (SSSR count). The van der Waals surface area contributed by atoms with Gasteiger partial charge in [0.25, 0.3) is 0 Å². The zero-order valence-corrected chi connectivity index (χ0v) is 17.3. The van der Waals surface area contributed by atoms with Crippen molar-refractivity contribution >= 4 is 40.7 Å². The molecule has 28 heavy (non-hydrogen) atoms. The third-order valence-corrected chi connectivity index (χ3v) is 5.01. The van der Waals surface area contributed by atoms with Crippen molar-refractivity contribution in [2.45, 2.75) is 26.3 Å². The smallest absolute Gasteiger partial charge is 0.243 e. The largest absolute Gasteiger partial charge is 0.346 e. The van der Waals surface area contributed by atoms with Gasteiger partial charge in [0.2, 0.25) is 11.8 Å². The average molecular weight is 426 g/mol. The van der Waals surface area contributed by atoms with Crippen LogP contribution in [0.2, 0.25) is 10.0 Å². The molecule has 0 saturated carbocycles. The summed E-state index contributed by atoms with van der Waals surface area (Å²) in [4.78, 5) is 24.1. The SMILES string of the molecule is Cc1c(Cl)cccc1NC(=O)CNC(=O)CNC(C)(C)c1ccc(F)cc1Cl. The van der Waals surface area contributed by atoms with Crippen LogP contribution in [0.5, 0.6) is 0 Å². The molecule has 0 bridgehead atoms. The van der Waals surface area contributed by atoms with E-state index in [2.05, 4.69) is 16.0 Å². The molecule has 0 spiro atoms. The van der Waals surface area contributed by atoms with Crippen molar-refractivity contribution < 1.29 is 14.0 Å². The highest BCUT2D eigenvalue weighted by Gasteiger charge is 2.24. The van der Waals surface area contributed by atoms with E-state index >= 15 is 0 Å². The number of amides is 2. The summed E-state index contributed by atoms with van der Waals surface area (Å²) in [6.45, 7) is 5.24. The normalized spacial score (nSPS) is 11.2. The Kier molecular flexibility index (Phi) is 7.41. The third kappa shape index (κ3) is 5.92. The highest BCUT2D eigenvalue weighted by atomic mass is 35.5. The predicted molar refractivity (Wildman–Crippen MR) is 110 cm³/mol. The zero-order valence-electron chi connectivity index (χ0n) is 15.8. The molecular formula is C20H22Cl2FN3O2. The van der Waals surface area contributed by atoms with Gasteiger partial charge in [0.15, 0.2) is 0 Å². The maximum absolute atomic E-state index is 13.2. The third-order valence-electron chi connectivity index (χ3n) is 4.28. The number of carbonyl (C=O) groups excluding carboxylic acids is 2. The number of nitrogens with one attached hydrogen (secondary N) is 3. The van der Waals surface area contributed by atoms with E-state index in [1.165, 1.54) is 12.1 Å². The van der Waals surface area contributed by atoms with Crippen molar-refractivity contribution in [1.29, 1.82) is 0 Å². The van der Waals surface area contributed by atoms with Crippen LogP contribution in [-0.2, 0) is 15.1 Å². The molecule has 3 N–H and O–H groups in total. The lowest BCUT2D eigenvalue weighted by Gasteiger charge is -2.27. The molecule has 0 saturated heterocycles. The Balaban J connectivity index is 1.85. The standard InChI is InChI=1S/C20H22Cl2FN3O2/c1-12-15(21)5-4-6-17(12)26-19(28)10-24-18(27)11-25-20(2,3)14-8-7-13(23)9-16(14)22/h4-9,25H,10-11H2,1-3H3,(H,24,27)(H,26,28). The quantitative estimate of drug-likeness (QED) is 0.627. The van der Waals surface area contributed by atoms with Crippen LogP contribution in [0.1, 0.15) is 25.0 Å². The molecule has 8 heteroatoms. The summed E-state index contributed by atoms with van der Waals surface area (Å²) >= 11 is 12.1. The molecule has 0 aliphatic heterocycles. The van der Waals surface area contributed by atoms with Gasteiger partial charge in [-0.2, -0.15) is 0 Å². The second kappa shape index (κ2) is 9.37. The molecule has 0 atom stereocenters. The van der Waals surface area contributed by atoms with Crippen LogP contribution in [-0.4, -0.2) is 24.9 Å². The highest BCUT2D eigenvalue weighted by Crippen LogP contribution is 2.28. The van der Waals surface area contributed by atoms with Gasteiger partial charge < -0.3 is 10.6 Å². The van der Waals surface area contributed by atoms with Crippen molar-refractivity contribution in [3.8, 4) is 0 Å². The van der Waals surface area contributed by atoms with Gasteiger partial charge in [-0.25, -0.2) is 4.39 Å². The summed E-state index contributed by atoms with van der Waals surface area (Å²) in [5, 5.41) is 9.13. The Morgan fingerprint density at radius 1 is 1.04 bits per heavy atom. The number of benzene rings is 2. The molecule has 2 aromatic rings. The van der Waals surface area contributed by atoms with E-state index in [0.717, 1.165) is 5.56 Å². The first kappa shape index (κ1) is 22.1. The van der Waals surface area contributed by atoms with Gasteiger partial charge >= 0.3 is 0 Å². The van der Waals surface area contributed by atoms with Gasteiger partial charge in [0.1, 0.15) is 5.82 Å². The van der Waals surface area contributed by atoms with Crippen molar-refractivity contribution in [2.75, 3.05) is 18.4 Å². The van der Waals surface area contributed by atoms with E-state index < -0.39 is 11.4 Å². The second-order valence-corrected chi connectivity index (χ2v) is 7.65. The Morgan fingerprint density at radius 2 is 1.75 bits per heavy atom. The lowest BCUT2D eigenvalue weighted by molar-refractivity contribution is -0.123. The fourth-order valence-corrected chi connectivity index (χ4v) is 3.15. The molecule has 150 valence electrons. The number of hydrogen-bond acceptors (Lipinski definition) is 3. The maximum atomic E-state index is 13.2. The minimum Gasteiger partial charge on any atom is -0.346 e. The number of hydrogen-bond donors (Lipinski definition) is 3. The molecule has 2 aromatic carbocycles. The first-order valence-electron chi connectivity index (χ1n) is 8.62. The van der Waals surface area contributed by atoms with E-state index in [0.29, 0.717) is 16.3 Å². The molecule has 0 fully saturated rings. The van der Waals surface area contributed by atoms with E-state index in [1.807, 2.05) is 13.8 Å². The van der Waals surface area contributed by atoms with E-state index in [1.54, 1.807) is 31.2 Å². The molecular weight excluding hydrogens is 404 g/mol. The van der Waals surface area contributed by atoms with E-state index in [4.69, 9.17) is 23.2 Å². The Labute approximate surface area is 173 Å². The molecule has 0 aliphatic carbocycles. The van der Waals surface area contributed by atoms with Crippen LogP contribution in [0, 0.1) is 12.7 Å². The number of halogens is 3. The van der Waals surface area contributed by atoms with Gasteiger partial charge in [0.05, 0.1) is 13.1 Å². The van der Waals surface area contributed by atoms with Gasteiger partial charge in [-0.3, -0.25) is 14.9 Å². The molecule has 0 heterocycles. The van der Waals surface area contributed by atoms with Crippen LogP contribution in [0.3, 0.4) is 0 Å². The molecule has 0 aliphatic rings. The summed E-state index contributed by atoms with van der Waals surface area (Å²) in [6.07, 6.45) is 0. The van der Waals surface area contributed by atoms with Gasteiger partial charge in [0, 0.05) is 21.3 Å². The van der Waals surface area contributed by atoms with Crippen molar-refractivity contribution in [2.24, 2.45) is 0 Å². The summed E-state index contributed by atoms with van der Waals surface area (Å²) in [5.74, 6) is -1.15. The molecule has 0 radical (unpaired) electrons. The predicted octanol–water partition coefficient (Wildman–Crippen LogP) is 4.02. The van der Waals surface area contributed by atoms with Gasteiger partial charge in [-0.1, -0.05) is 35.3 Å². The van der Waals surface area contributed by atoms with Crippen LogP contribution in [0.25, 0.3) is 0 Å². The first-order valence-corrected chi connectivity index (χ1v) is 9.38. The van der Waals surface area contributed by atoms with Crippen molar-refractivity contribution in [1.82, 2.24) is 10.6 Å². The van der Waals surface area contributed by atoms with Crippen LogP contribution >= 0.6 is 23.2 Å². The lowest BCUT2D eigenvalue weighted by atomic mass is 9.94. The summed E-state index contributed by atoms with van der Waals surface area (Å²) in [7, 11) is 0. The average Bonchev–Trinajstić information content (AvgIpc) is 2.62. The van der Waals surface area contributed by atoms with Gasteiger partial charge in [-0.15, -0.1) is 0 Å².